The number of piperidine rings is 1. The lowest BCUT2D eigenvalue weighted by Crippen LogP contribution is -2.30. The molecule has 49 heavy (non-hydrogen) atoms. The zero-order valence-corrected chi connectivity index (χ0v) is 27.1. The van der Waals surface area contributed by atoms with E-state index in [0.29, 0.717) is 47.3 Å². The zero-order valence-electron chi connectivity index (χ0n) is 27.1. The van der Waals surface area contributed by atoms with Crippen LogP contribution in [0.25, 0.3) is 55.7 Å². The van der Waals surface area contributed by atoms with E-state index in [1.54, 1.807) is 24.8 Å². The summed E-state index contributed by atoms with van der Waals surface area (Å²) in [5.41, 5.74) is 6.58. The summed E-state index contributed by atoms with van der Waals surface area (Å²) in [5, 5.41) is 15.6. The van der Waals surface area contributed by atoms with Crippen molar-refractivity contribution in [1.29, 1.82) is 0 Å². The molecule has 11 nitrogen and oxygen atoms in total. The quantitative estimate of drug-likeness (QED) is 0.137. The zero-order chi connectivity index (χ0) is 33.2. The SMILES string of the molecule is O=C(CC1CCNCC1)Nc1cncc(-c2cnc3n[nH]c(-c4cc5c(-c6cc(F)cc(OCCN7CCCC7)c6)nccc5[nH]4)c3c2)c1. The summed E-state index contributed by atoms with van der Waals surface area (Å²) in [7, 11) is 0. The Balaban J connectivity index is 1.05. The molecule has 0 unspecified atom stereocenters. The van der Waals surface area contributed by atoms with Crippen LogP contribution in [0.15, 0.2) is 67.3 Å². The average molecular weight is 660 g/mol. The second kappa shape index (κ2) is 13.7. The lowest BCUT2D eigenvalue weighted by Gasteiger charge is -2.21. The number of ether oxygens (including phenoxy) is 1. The van der Waals surface area contributed by atoms with Crippen molar-refractivity contribution in [2.24, 2.45) is 5.92 Å². The Bertz CT molecular complexity index is 2110. The van der Waals surface area contributed by atoms with E-state index >= 15 is 0 Å². The maximum Gasteiger partial charge on any atom is 0.224 e. The van der Waals surface area contributed by atoms with Gasteiger partial charge in [0.1, 0.15) is 18.2 Å². The van der Waals surface area contributed by atoms with Gasteiger partial charge in [-0.15, -0.1) is 0 Å². The van der Waals surface area contributed by atoms with E-state index in [1.807, 2.05) is 30.3 Å². The van der Waals surface area contributed by atoms with Crippen LogP contribution in [0.4, 0.5) is 10.1 Å². The van der Waals surface area contributed by atoms with E-state index < -0.39 is 0 Å². The molecule has 5 aromatic heterocycles. The number of nitrogens with one attached hydrogen (secondary N) is 4. The van der Waals surface area contributed by atoms with Crippen LogP contribution in [0, 0.1) is 11.7 Å². The molecule has 7 heterocycles. The Labute approximate surface area is 282 Å². The van der Waals surface area contributed by atoms with Crippen LogP contribution in [0.3, 0.4) is 0 Å². The van der Waals surface area contributed by atoms with Gasteiger partial charge in [0.2, 0.25) is 5.91 Å². The third-order valence-electron chi connectivity index (χ3n) is 9.53. The van der Waals surface area contributed by atoms with Gasteiger partial charge in [0, 0.05) is 70.6 Å². The number of carbonyl (C=O) groups is 1. The first-order valence-electron chi connectivity index (χ1n) is 17.0. The van der Waals surface area contributed by atoms with Crippen molar-refractivity contribution in [3.8, 4) is 39.5 Å². The molecule has 2 aliphatic heterocycles. The van der Waals surface area contributed by atoms with Gasteiger partial charge in [0.15, 0.2) is 5.65 Å². The number of halogens is 1. The van der Waals surface area contributed by atoms with Gasteiger partial charge in [-0.3, -0.25) is 24.8 Å². The minimum Gasteiger partial charge on any atom is -0.492 e. The number of fused-ring (bicyclic) bond motifs is 2. The van der Waals surface area contributed by atoms with Crippen LogP contribution in [-0.2, 0) is 4.79 Å². The summed E-state index contributed by atoms with van der Waals surface area (Å²) in [6.07, 6.45) is 11.9. The van der Waals surface area contributed by atoms with Crippen molar-refractivity contribution in [3.05, 3.63) is 73.1 Å². The Kier molecular flexibility index (Phi) is 8.71. The molecule has 0 aliphatic carbocycles. The number of amides is 1. The molecule has 2 fully saturated rings. The number of rotatable bonds is 10. The van der Waals surface area contributed by atoms with Gasteiger partial charge < -0.3 is 20.4 Å². The molecule has 2 saturated heterocycles. The van der Waals surface area contributed by atoms with Gasteiger partial charge in [-0.1, -0.05) is 0 Å². The minimum atomic E-state index is -0.374. The molecule has 4 N–H and O–H groups in total. The molecule has 2 aliphatic rings. The standard InChI is InChI=1S/C37H38FN9O2/c38-27-14-24(16-29(18-27)49-12-11-47-9-1-2-10-47)35-30-19-33(44-32(30)5-8-41-35)36-31-17-26(21-42-37(31)46-45-36)25-15-28(22-40-20-25)43-34(48)13-23-3-6-39-7-4-23/h5,8,14-23,39,44H,1-4,6-7,9-13H2,(H,43,48)(H,42,45,46). The molecule has 8 rings (SSSR count). The molecule has 0 bridgehead atoms. The number of aromatic amines is 2. The maximum atomic E-state index is 14.8. The van der Waals surface area contributed by atoms with E-state index in [4.69, 9.17) is 4.74 Å². The Morgan fingerprint density at radius 3 is 2.69 bits per heavy atom. The summed E-state index contributed by atoms with van der Waals surface area (Å²) in [6, 6.07) is 12.6. The van der Waals surface area contributed by atoms with Crippen molar-refractivity contribution in [2.75, 3.05) is 44.6 Å². The lowest BCUT2D eigenvalue weighted by molar-refractivity contribution is -0.117. The number of aromatic nitrogens is 6. The van der Waals surface area contributed by atoms with Crippen LogP contribution >= 0.6 is 0 Å². The molecular formula is C37H38FN9O2. The van der Waals surface area contributed by atoms with Gasteiger partial charge in [-0.25, -0.2) is 9.37 Å². The summed E-state index contributed by atoms with van der Waals surface area (Å²) < 4.78 is 20.8. The molecule has 6 aromatic rings. The highest BCUT2D eigenvalue weighted by Crippen LogP contribution is 2.35. The second-order valence-corrected chi connectivity index (χ2v) is 13.0. The molecule has 1 amide bonds. The molecule has 0 saturated carbocycles. The number of hydrogen-bond acceptors (Lipinski definition) is 8. The number of benzene rings is 1. The van der Waals surface area contributed by atoms with Crippen LogP contribution < -0.4 is 15.4 Å². The van der Waals surface area contributed by atoms with Crippen LogP contribution in [0.5, 0.6) is 5.75 Å². The smallest absolute Gasteiger partial charge is 0.224 e. The van der Waals surface area contributed by atoms with Crippen LogP contribution in [0.2, 0.25) is 0 Å². The first-order valence-corrected chi connectivity index (χ1v) is 17.0. The van der Waals surface area contributed by atoms with E-state index in [-0.39, 0.29) is 11.7 Å². The number of carbonyl (C=O) groups excluding carboxylic acids is 1. The summed E-state index contributed by atoms with van der Waals surface area (Å²) in [6.45, 7) is 5.42. The highest BCUT2D eigenvalue weighted by atomic mass is 19.1. The fraction of sp³-hybridized carbons (Fsp3) is 0.324. The largest absolute Gasteiger partial charge is 0.492 e. The topological polar surface area (TPSA) is 137 Å². The molecule has 12 heteroatoms. The Morgan fingerprint density at radius 2 is 1.82 bits per heavy atom. The summed E-state index contributed by atoms with van der Waals surface area (Å²) in [5.74, 6) is 0.515. The summed E-state index contributed by atoms with van der Waals surface area (Å²) >= 11 is 0. The van der Waals surface area contributed by atoms with Crippen molar-refractivity contribution < 1.29 is 13.9 Å². The van der Waals surface area contributed by atoms with Gasteiger partial charge in [-0.2, -0.15) is 5.10 Å². The predicted octanol–water partition coefficient (Wildman–Crippen LogP) is 6.17. The number of nitrogens with zero attached hydrogens (tertiary/aromatic N) is 5. The van der Waals surface area contributed by atoms with Gasteiger partial charge in [0.25, 0.3) is 0 Å². The fourth-order valence-corrected chi connectivity index (χ4v) is 6.99. The number of pyridine rings is 3. The predicted molar refractivity (Wildman–Crippen MR) is 188 cm³/mol. The van der Waals surface area contributed by atoms with E-state index in [2.05, 4.69) is 45.7 Å². The maximum absolute atomic E-state index is 14.8. The van der Waals surface area contributed by atoms with Crippen molar-refractivity contribution in [1.82, 2.24) is 40.3 Å². The third kappa shape index (κ3) is 6.87. The third-order valence-corrected chi connectivity index (χ3v) is 9.53. The van der Waals surface area contributed by atoms with Crippen molar-refractivity contribution >= 4 is 33.5 Å². The Morgan fingerprint density at radius 1 is 0.959 bits per heavy atom. The van der Waals surface area contributed by atoms with Crippen LogP contribution in [-0.4, -0.2) is 80.3 Å². The van der Waals surface area contributed by atoms with Gasteiger partial charge in [0.05, 0.1) is 29.0 Å². The van der Waals surface area contributed by atoms with E-state index in [9.17, 15) is 9.18 Å². The monoisotopic (exact) mass is 659 g/mol. The molecule has 0 atom stereocenters. The minimum absolute atomic E-state index is 0.00345. The van der Waals surface area contributed by atoms with E-state index in [1.165, 1.54) is 25.0 Å². The Hall–Kier alpha value is -5.20. The van der Waals surface area contributed by atoms with Crippen molar-refractivity contribution in [3.63, 3.8) is 0 Å². The highest BCUT2D eigenvalue weighted by Gasteiger charge is 2.19. The number of hydrogen-bond donors (Lipinski definition) is 4. The van der Waals surface area contributed by atoms with Gasteiger partial charge >= 0.3 is 0 Å². The van der Waals surface area contributed by atoms with Crippen LogP contribution in [0.1, 0.15) is 32.1 Å². The molecule has 0 radical (unpaired) electrons. The number of H-pyrrole nitrogens is 2. The second-order valence-electron chi connectivity index (χ2n) is 13.0. The lowest BCUT2D eigenvalue weighted by atomic mass is 9.94. The summed E-state index contributed by atoms with van der Waals surface area (Å²) in [4.78, 5) is 32.3. The number of likely N-dealkylation sites (tertiary alicyclic amines) is 1. The first-order chi connectivity index (χ1) is 24.1. The first kappa shape index (κ1) is 31.1. The molecule has 250 valence electrons. The number of anilines is 1. The average Bonchev–Trinajstić information content (AvgIpc) is 3.88. The normalized spacial score (nSPS) is 15.7. The van der Waals surface area contributed by atoms with Crippen molar-refractivity contribution in [2.45, 2.75) is 32.1 Å². The van der Waals surface area contributed by atoms with E-state index in [0.717, 1.165) is 84.4 Å². The fourth-order valence-electron chi connectivity index (χ4n) is 6.99. The highest BCUT2D eigenvalue weighted by molar-refractivity contribution is 6.00. The van der Waals surface area contributed by atoms with Gasteiger partial charge in [-0.05, 0) is 94.2 Å². The molecular weight excluding hydrogens is 621 g/mol. The molecule has 1 aromatic carbocycles. The molecule has 0 spiro atoms.